The fourth-order valence-corrected chi connectivity index (χ4v) is 8.89. The van der Waals surface area contributed by atoms with E-state index >= 15 is 0 Å². The first-order valence-corrected chi connectivity index (χ1v) is 12.9. The van der Waals surface area contributed by atoms with Crippen molar-refractivity contribution in [1.29, 1.82) is 0 Å². The van der Waals surface area contributed by atoms with Gasteiger partial charge in [0, 0.05) is 65.5 Å². The summed E-state index contributed by atoms with van der Waals surface area (Å²) in [6, 6.07) is 2.02. The summed E-state index contributed by atoms with van der Waals surface area (Å²) in [6.07, 6.45) is 9.88. The van der Waals surface area contributed by atoms with Crippen LogP contribution in [0.4, 0.5) is 0 Å². The van der Waals surface area contributed by atoms with Crippen molar-refractivity contribution in [2.75, 3.05) is 28.4 Å². The molecule has 13 atom stereocenters. The van der Waals surface area contributed by atoms with Crippen LogP contribution in [0.3, 0.4) is 0 Å². The average molecular weight is 439 g/mol. The molecule has 1 N–H and O–H groups in total. The second-order valence-electron chi connectivity index (χ2n) is 11.4. The van der Waals surface area contributed by atoms with Gasteiger partial charge in [-0.1, -0.05) is 6.92 Å². The van der Waals surface area contributed by atoms with E-state index in [0.29, 0.717) is 60.3 Å². The van der Waals surface area contributed by atoms with Crippen molar-refractivity contribution in [2.24, 2.45) is 29.6 Å². The molecule has 4 fully saturated rings. The van der Waals surface area contributed by atoms with E-state index in [1.54, 1.807) is 0 Å². The lowest BCUT2D eigenvalue weighted by Crippen LogP contribution is -3.24. The van der Waals surface area contributed by atoms with E-state index in [4.69, 9.17) is 18.9 Å². The van der Waals surface area contributed by atoms with Crippen molar-refractivity contribution >= 4 is 0 Å². The monoisotopic (exact) mass is 438 g/mol. The van der Waals surface area contributed by atoms with Gasteiger partial charge >= 0.3 is 0 Å². The molecular formula is C26H48NO4+. The summed E-state index contributed by atoms with van der Waals surface area (Å²) in [7, 11) is 7.61. The second-order valence-corrected chi connectivity index (χ2v) is 11.4. The van der Waals surface area contributed by atoms with Gasteiger partial charge in [-0.05, 0) is 51.4 Å². The maximum absolute atomic E-state index is 6.09. The van der Waals surface area contributed by atoms with Gasteiger partial charge in [-0.3, -0.25) is 0 Å². The molecule has 0 radical (unpaired) electrons. The molecule has 3 aliphatic carbocycles. The predicted molar refractivity (Wildman–Crippen MR) is 122 cm³/mol. The SMILES string of the molecule is COC1CC2CC(C)[NH+](C3CCC(OC)C4C(OC)CC(C)CC43)C(C)C2C(OC)C1. The summed E-state index contributed by atoms with van der Waals surface area (Å²) in [6.45, 7) is 7.47. The van der Waals surface area contributed by atoms with E-state index in [2.05, 4.69) is 20.8 Å². The molecule has 3 saturated carbocycles. The van der Waals surface area contributed by atoms with Crippen LogP contribution < -0.4 is 4.90 Å². The molecule has 0 aromatic heterocycles. The zero-order valence-electron chi connectivity index (χ0n) is 21.0. The molecule has 5 nitrogen and oxygen atoms in total. The van der Waals surface area contributed by atoms with Crippen LogP contribution in [-0.2, 0) is 18.9 Å². The lowest BCUT2D eigenvalue weighted by Gasteiger charge is -2.57. The summed E-state index contributed by atoms with van der Waals surface area (Å²) >= 11 is 0. The third-order valence-corrected chi connectivity index (χ3v) is 9.97. The van der Waals surface area contributed by atoms with Crippen molar-refractivity contribution in [3.8, 4) is 0 Å². The molecule has 180 valence electrons. The Balaban J connectivity index is 1.60. The minimum atomic E-state index is 0.323. The van der Waals surface area contributed by atoms with E-state index in [-0.39, 0.29) is 0 Å². The summed E-state index contributed by atoms with van der Waals surface area (Å²) in [5.41, 5.74) is 0. The largest absolute Gasteiger partial charge is 0.381 e. The molecule has 0 amide bonds. The summed E-state index contributed by atoms with van der Waals surface area (Å²) in [5, 5.41) is 0. The number of ether oxygens (including phenoxy) is 4. The van der Waals surface area contributed by atoms with Crippen LogP contribution in [0.5, 0.6) is 0 Å². The van der Waals surface area contributed by atoms with Gasteiger partial charge in [0.25, 0.3) is 0 Å². The van der Waals surface area contributed by atoms with E-state index < -0.39 is 0 Å². The molecule has 31 heavy (non-hydrogen) atoms. The summed E-state index contributed by atoms with van der Waals surface area (Å²) < 4.78 is 24.0. The Labute approximate surface area is 190 Å². The Bertz CT molecular complexity index is 588. The summed E-state index contributed by atoms with van der Waals surface area (Å²) in [5.74, 6) is 3.33. The van der Waals surface area contributed by atoms with Gasteiger partial charge in [0.1, 0.15) is 0 Å². The molecule has 0 bridgehead atoms. The predicted octanol–water partition coefficient (Wildman–Crippen LogP) is 2.96. The lowest BCUT2D eigenvalue weighted by molar-refractivity contribution is -0.986. The van der Waals surface area contributed by atoms with Gasteiger partial charge in [-0.15, -0.1) is 0 Å². The fourth-order valence-electron chi connectivity index (χ4n) is 8.89. The highest BCUT2D eigenvalue weighted by molar-refractivity contribution is 4.99. The number of fused-ring (bicyclic) bond motifs is 2. The number of hydrogen-bond donors (Lipinski definition) is 1. The number of likely N-dealkylation sites (tertiary alicyclic amines) is 1. The lowest BCUT2D eigenvalue weighted by atomic mass is 9.60. The van der Waals surface area contributed by atoms with Crippen LogP contribution in [0.25, 0.3) is 0 Å². The third kappa shape index (κ3) is 4.35. The van der Waals surface area contributed by atoms with Gasteiger partial charge < -0.3 is 23.8 Å². The van der Waals surface area contributed by atoms with Crippen molar-refractivity contribution < 1.29 is 23.8 Å². The Morgan fingerprint density at radius 2 is 1.32 bits per heavy atom. The molecule has 0 spiro atoms. The fraction of sp³-hybridized carbons (Fsp3) is 1.00. The standard InChI is InChI=1S/C26H47NO4/c1-15-10-20-21(8-9-22(29-5)26(20)23(11-15)30-6)27-16(2)12-18-13-19(28-4)14-24(31-7)25(18)17(27)3/h15-26H,8-14H2,1-7H3/p+1. The van der Waals surface area contributed by atoms with E-state index in [0.717, 1.165) is 18.3 Å². The minimum absolute atomic E-state index is 0.323. The quantitative estimate of drug-likeness (QED) is 0.717. The van der Waals surface area contributed by atoms with Crippen LogP contribution in [0.15, 0.2) is 0 Å². The normalized spacial score (nSPS) is 52.9. The molecule has 4 rings (SSSR count). The Morgan fingerprint density at radius 1 is 0.645 bits per heavy atom. The maximum atomic E-state index is 6.09. The molecule has 1 saturated heterocycles. The van der Waals surface area contributed by atoms with Gasteiger partial charge in [-0.2, -0.15) is 0 Å². The summed E-state index contributed by atoms with van der Waals surface area (Å²) in [4.78, 5) is 1.85. The molecule has 1 aliphatic heterocycles. The molecule has 1 heterocycles. The van der Waals surface area contributed by atoms with Crippen LogP contribution in [-0.4, -0.2) is 71.0 Å². The zero-order valence-corrected chi connectivity index (χ0v) is 21.0. The number of hydrogen-bond acceptors (Lipinski definition) is 4. The average Bonchev–Trinajstić information content (AvgIpc) is 2.77. The van der Waals surface area contributed by atoms with Crippen molar-refractivity contribution in [3.05, 3.63) is 0 Å². The first-order chi connectivity index (χ1) is 14.9. The minimum Gasteiger partial charge on any atom is -0.381 e. The number of rotatable bonds is 5. The van der Waals surface area contributed by atoms with Crippen LogP contribution in [0, 0.1) is 29.6 Å². The Morgan fingerprint density at radius 3 is 1.97 bits per heavy atom. The van der Waals surface area contributed by atoms with Crippen LogP contribution >= 0.6 is 0 Å². The topological polar surface area (TPSA) is 41.4 Å². The second kappa shape index (κ2) is 9.97. The smallest absolute Gasteiger partial charge is 0.0912 e. The van der Waals surface area contributed by atoms with Gasteiger partial charge in [-0.25, -0.2) is 0 Å². The van der Waals surface area contributed by atoms with Crippen LogP contribution in [0.2, 0.25) is 0 Å². The first kappa shape index (κ1) is 23.9. The molecule has 0 aromatic carbocycles. The van der Waals surface area contributed by atoms with E-state index in [9.17, 15) is 0 Å². The van der Waals surface area contributed by atoms with Crippen LogP contribution in [0.1, 0.15) is 65.7 Å². The van der Waals surface area contributed by atoms with Crippen molar-refractivity contribution in [3.63, 3.8) is 0 Å². The Hall–Kier alpha value is -0.200. The number of piperidine rings is 1. The maximum Gasteiger partial charge on any atom is 0.0912 e. The number of quaternary nitrogens is 1. The molecule has 4 aliphatic rings. The first-order valence-electron chi connectivity index (χ1n) is 12.9. The zero-order chi connectivity index (χ0) is 22.3. The van der Waals surface area contributed by atoms with Crippen molar-refractivity contribution in [1.82, 2.24) is 0 Å². The molecule has 5 heteroatoms. The number of methoxy groups -OCH3 is 4. The van der Waals surface area contributed by atoms with Gasteiger partial charge in [0.2, 0.25) is 0 Å². The third-order valence-electron chi connectivity index (χ3n) is 9.97. The van der Waals surface area contributed by atoms with Gasteiger partial charge in [0.05, 0.1) is 42.5 Å². The molecular weight excluding hydrogens is 390 g/mol. The Kier molecular flexibility index (Phi) is 7.70. The highest BCUT2D eigenvalue weighted by atomic mass is 16.5. The van der Waals surface area contributed by atoms with Gasteiger partial charge in [0.15, 0.2) is 0 Å². The highest BCUT2D eigenvalue weighted by Gasteiger charge is 2.56. The highest BCUT2D eigenvalue weighted by Crippen LogP contribution is 2.46. The molecule has 0 aromatic rings. The number of nitrogens with one attached hydrogen (secondary N) is 1. The van der Waals surface area contributed by atoms with E-state index in [1.807, 2.05) is 33.3 Å². The van der Waals surface area contributed by atoms with E-state index in [1.165, 1.54) is 38.5 Å². The van der Waals surface area contributed by atoms with Crippen molar-refractivity contribution in [2.45, 2.75) is 108 Å². The molecule has 13 unspecified atom stereocenters.